The summed E-state index contributed by atoms with van der Waals surface area (Å²) in [4.78, 5) is 5.19. The minimum Gasteiger partial charge on any atom is -0.496 e. The van der Waals surface area contributed by atoms with E-state index in [1.54, 1.807) is 0 Å². The van der Waals surface area contributed by atoms with Gasteiger partial charge in [-0.3, -0.25) is 0 Å². The quantitative estimate of drug-likeness (QED) is 0.414. The highest BCUT2D eigenvalue weighted by molar-refractivity contribution is 8.45. The molecule has 2 N–H and O–H groups in total. The first-order chi connectivity index (χ1) is 14.2. The standard InChI is InChI=1S/C18H14F7N3O2S/c1-30-16-6-11(19)2-3-14(16)17-15(20)8-26-18(28-17)27-12-4-10(9-29)5-13(7-12)31(21,22,23,24)25/h2-8,29H,9H2,1H3,(H,26,27,28). The summed E-state index contributed by atoms with van der Waals surface area (Å²) in [5.74, 6) is -2.13. The van der Waals surface area contributed by atoms with Crippen molar-refractivity contribution in [3.8, 4) is 17.0 Å². The Kier molecular flexibility index (Phi) is 5.10. The predicted molar refractivity (Wildman–Crippen MR) is 101 cm³/mol. The number of aliphatic hydroxyl groups excluding tert-OH is 1. The third-order valence-corrected chi connectivity index (χ3v) is 5.14. The first kappa shape index (κ1) is 22.6. The largest absolute Gasteiger partial charge is 0.496 e. The Morgan fingerprint density at radius 3 is 2.35 bits per heavy atom. The summed E-state index contributed by atoms with van der Waals surface area (Å²) in [7, 11) is -8.84. The van der Waals surface area contributed by atoms with Gasteiger partial charge in [-0.25, -0.2) is 18.7 Å². The van der Waals surface area contributed by atoms with Crippen LogP contribution in [0.4, 0.5) is 39.8 Å². The monoisotopic (exact) mass is 469 g/mol. The average molecular weight is 469 g/mol. The van der Waals surface area contributed by atoms with Crippen LogP contribution in [0.3, 0.4) is 0 Å². The summed E-state index contributed by atoms with van der Waals surface area (Å²) in [6.45, 7) is -0.946. The maximum atomic E-state index is 14.3. The number of anilines is 2. The molecule has 0 amide bonds. The SMILES string of the molecule is COc1cc(F)ccc1-c1nc(Nc2cc(CO)cc(S(F)(F)(F)(F)F)c2)ncc1F. The van der Waals surface area contributed by atoms with Crippen molar-refractivity contribution >= 4 is 21.9 Å². The molecule has 0 fully saturated rings. The van der Waals surface area contributed by atoms with Crippen molar-refractivity contribution in [1.82, 2.24) is 9.97 Å². The van der Waals surface area contributed by atoms with E-state index < -0.39 is 50.6 Å². The van der Waals surface area contributed by atoms with Crippen molar-refractivity contribution in [2.24, 2.45) is 0 Å². The molecule has 1 aromatic heterocycles. The summed E-state index contributed by atoms with van der Waals surface area (Å²) in [6.07, 6.45) is 0.689. The van der Waals surface area contributed by atoms with Gasteiger partial charge in [-0.1, -0.05) is 19.4 Å². The van der Waals surface area contributed by atoms with E-state index in [0.29, 0.717) is 6.20 Å². The van der Waals surface area contributed by atoms with Gasteiger partial charge in [-0.2, -0.15) is 0 Å². The molecule has 0 bridgehead atoms. The molecule has 0 aliphatic heterocycles. The van der Waals surface area contributed by atoms with Crippen molar-refractivity contribution in [2.45, 2.75) is 11.5 Å². The van der Waals surface area contributed by atoms with Crippen LogP contribution in [0.2, 0.25) is 0 Å². The maximum Gasteiger partial charge on any atom is 0.310 e. The lowest BCUT2D eigenvalue weighted by atomic mass is 10.1. The fourth-order valence-corrected chi connectivity index (χ4v) is 3.38. The molecule has 31 heavy (non-hydrogen) atoms. The van der Waals surface area contributed by atoms with Gasteiger partial charge >= 0.3 is 10.2 Å². The molecule has 0 spiro atoms. The van der Waals surface area contributed by atoms with Crippen LogP contribution in [0.25, 0.3) is 11.3 Å². The summed E-state index contributed by atoms with van der Waals surface area (Å²) in [5.41, 5.74) is -1.32. The zero-order valence-corrected chi connectivity index (χ0v) is 16.4. The highest BCUT2D eigenvalue weighted by atomic mass is 32.5. The summed E-state index contributed by atoms with van der Waals surface area (Å²) in [5, 5.41) is 11.4. The molecule has 0 radical (unpaired) electrons. The average Bonchev–Trinajstić information content (AvgIpc) is 2.67. The smallest absolute Gasteiger partial charge is 0.310 e. The fraction of sp³-hybridized carbons (Fsp3) is 0.111. The van der Waals surface area contributed by atoms with Gasteiger partial charge in [-0.05, 0) is 35.9 Å². The minimum atomic E-state index is -10.0. The van der Waals surface area contributed by atoms with E-state index in [9.17, 15) is 28.2 Å². The topological polar surface area (TPSA) is 67.3 Å². The number of hydrogen-bond donors (Lipinski definition) is 2. The summed E-state index contributed by atoms with van der Waals surface area (Å²) in [6, 6.07) is 4.38. The van der Waals surface area contributed by atoms with Crippen molar-refractivity contribution in [3.63, 3.8) is 0 Å². The van der Waals surface area contributed by atoms with Crippen molar-refractivity contribution < 1.29 is 38.1 Å². The van der Waals surface area contributed by atoms with Crippen LogP contribution in [0.1, 0.15) is 5.56 Å². The lowest BCUT2D eigenvalue weighted by Crippen LogP contribution is -2.08. The second-order valence-electron chi connectivity index (χ2n) is 6.35. The number of methoxy groups -OCH3 is 1. The molecule has 3 aromatic rings. The lowest BCUT2D eigenvalue weighted by Gasteiger charge is -2.40. The Morgan fingerprint density at radius 1 is 1.03 bits per heavy atom. The second kappa shape index (κ2) is 6.99. The van der Waals surface area contributed by atoms with Gasteiger partial charge < -0.3 is 15.2 Å². The molecule has 0 saturated carbocycles. The Morgan fingerprint density at radius 2 is 1.74 bits per heavy atom. The number of hydrogen-bond acceptors (Lipinski definition) is 5. The highest BCUT2D eigenvalue weighted by Gasteiger charge is 2.65. The van der Waals surface area contributed by atoms with E-state index in [-0.39, 0.29) is 29.1 Å². The number of nitrogens with one attached hydrogen (secondary N) is 1. The van der Waals surface area contributed by atoms with Gasteiger partial charge in [0, 0.05) is 17.3 Å². The zero-order valence-electron chi connectivity index (χ0n) is 15.6. The number of benzene rings is 2. The molecule has 5 nitrogen and oxygen atoms in total. The van der Waals surface area contributed by atoms with Crippen molar-refractivity contribution in [1.29, 1.82) is 0 Å². The van der Waals surface area contributed by atoms with Crippen LogP contribution >= 0.6 is 10.2 Å². The first-order valence-corrected chi connectivity index (χ1v) is 10.3. The third kappa shape index (κ3) is 5.17. The van der Waals surface area contributed by atoms with Crippen LogP contribution < -0.4 is 10.1 Å². The molecule has 0 unspecified atom stereocenters. The van der Waals surface area contributed by atoms with E-state index in [4.69, 9.17) is 9.84 Å². The molecule has 0 aliphatic rings. The third-order valence-electron chi connectivity index (χ3n) is 4.01. The normalized spacial score (nSPS) is 14.0. The van der Waals surface area contributed by atoms with Gasteiger partial charge in [0.25, 0.3) is 0 Å². The van der Waals surface area contributed by atoms with Gasteiger partial charge in [-0.15, -0.1) is 0 Å². The molecule has 0 aliphatic carbocycles. The van der Waals surface area contributed by atoms with Crippen LogP contribution in [-0.4, -0.2) is 22.2 Å². The summed E-state index contributed by atoms with van der Waals surface area (Å²) >= 11 is 0. The van der Waals surface area contributed by atoms with E-state index in [0.717, 1.165) is 18.2 Å². The first-order valence-electron chi connectivity index (χ1n) is 8.32. The lowest BCUT2D eigenvalue weighted by molar-refractivity contribution is 0.281. The van der Waals surface area contributed by atoms with Gasteiger partial charge in [0.15, 0.2) is 5.82 Å². The summed E-state index contributed by atoms with van der Waals surface area (Å²) < 4.78 is 98.7. The second-order valence-corrected chi connectivity index (χ2v) is 8.76. The Labute approximate surface area is 171 Å². The minimum absolute atomic E-state index is 0.0173. The van der Waals surface area contributed by atoms with E-state index >= 15 is 0 Å². The molecule has 168 valence electrons. The Bertz CT molecular complexity index is 1160. The van der Waals surface area contributed by atoms with Crippen LogP contribution in [0.5, 0.6) is 5.75 Å². The van der Waals surface area contributed by atoms with Crippen LogP contribution in [0.15, 0.2) is 47.5 Å². The molecule has 3 rings (SSSR count). The molecule has 0 saturated heterocycles. The number of aliphatic hydroxyl groups is 1. The van der Waals surface area contributed by atoms with E-state index in [1.807, 2.05) is 0 Å². The highest BCUT2D eigenvalue weighted by Crippen LogP contribution is 3.02. The Balaban J connectivity index is 2.07. The van der Waals surface area contributed by atoms with Crippen LogP contribution in [0, 0.1) is 11.6 Å². The van der Waals surface area contributed by atoms with Gasteiger partial charge in [0.1, 0.15) is 22.2 Å². The van der Waals surface area contributed by atoms with Crippen molar-refractivity contribution in [3.05, 3.63) is 59.8 Å². The van der Waals surface area contributed by atoms with Crippen molar-refractivity contribution in [2.75, 3.05) is 12.4 Å². The molecular formula is C18H14F7N3O2S. The molecular weight excluding hydrogens is 455 g/mol. The number of ether oxygens (including phenoxy) is 1. The van der Waals surface area contributed by atoms with Gasteiger partial charge in [0.2, 0.25) is 5.95 Å². The van der Waals surface area contributed by atoms with E-state index in [1.165, 1.54) is 13.2 Å². The number of aromatic nitrogens is 2. The van der Waals surface area contributed by atoms with Gasteiger partial charge in [0.05, 0.1) is 19.9 Å². The molecule has 2 aromatic carbocycles. The molecule has 0 atom stereocenters. The Hall–Kier alpha value is -3.06. The van der Waals surface area contributed by atoms with Crippen LogP contribution in [-0.2, 0) is 6.61 Å². The number of halogens is 7. The molecule has 1 heterocycles. The number of nitrogens with zero attached hydrogens (tertiary/aromatic N) is 2. The fourth-order valence-electron chi connectivity index (χ4n) is 2.65. The predicted octanol–water partition coefficient (Wildman–Crippen LogP) is 6.32. The van der Waals surface area contributed by atoms with E-state index in [2.05, 4.69) is 15.3 Å². The maximum absolute atomic E-state index is 14.3. The number of rotatable bonds is 6. The molecule has 13 heteroatoms. The zero-order chi connectivity index (χ0) is 23.1.